The van der Waals surface area contributed by atoms with Crippen LogP contribution >= 0.6 is 0 Å². The third kappa shape index (κ3) is 3.88. The number of aliphatic hydroxyl groups is 1. The molecule has 2 saturated heterocycles. The predicted octanol–water partition coefficient (Wildman–Crippen LogP) is 2.83. The number of hydrogen-bond donors (Lipinski definition) is 1. The second kappa shape index (κ2) is 8.38. The molecule has 0 spiro atoms. The van der Waals surface area contributed by atoms with Gasteiger partial charge in [-0.2, -0.15) is 0 Å². The molecule has 0 aromatic heterocycles. The minimum Gasteiger partial charge on any atom is -0.507 e. The number of ketones is 1. The lowest BCUT2D eigenvalue weighted by Crippen LogP contribution is -2.40. The van der Waals surface area contributed by atoms with Crippen LogP contribution in [0.15, 0.2) is 54.1 Å². The molecule has 0 radical (unpaired) electrons. The van der Waals surface area contributed by atoms with Crippen LogP contribution < -0.4 is 4.74 Å². The van der Waals surface area contributed by atoms with Crippen molar-refractivity contribution in [1.82, 2.24) is 4.90 Å². The van der Waals surface area contributed by atoms with Gasteiger partial charge in [-0.1, -0.05) is 18.2 Å². The number of sulfone groups is 1. The average Bonchev–Trinajstić information content (AvgIpc) is 3.25. The van der Waals surface area contributed by atoms with Gasteiger partial charge in [0.1, 0.15) is 17.3 Å². The second-order valence-electron chi connectivity index (χ2n) is 7.74. The lowest BCUT2D eigenvalue weighted by molar-refractivity contribution is -0.141. The smallest absolute Gasteiger partial charge is 0.295 e. The second-order valence-corrected chi connectivity index (χ2v) is 9.97. The van der Waals surface area contributed by atoms with E-state index in [0.29, 0.717) is 12.4 Å². The first kappa shape index (κ1) is 22.0. The number of halogens is 1. The number of benzene rings is 2. The van der Waals surface area contributed by atoms with E-state index in [9.17, 15) is 27.5 Å². The quantitative estimate of drug-likeness (QED) is 0.419. The van der Waals surface area contributed by atoms with Crippen molar-refractivity contribution in [2.75, 3.05) is 18.1 Å². The molecule has 0 unspecified atom stereocenters. The minimum absolute atomic E-state index is 0.0171. The topological polar surface area (TPSA) is 101 Å². The standard InChI is InChI=1S/C23H22FNO6S/c1-2-31-16-9-7-14(8-10-16)21(26)19-20(17-5-3-4-6-18(17)24)25(23(28)22(19)27)15-11-12-32(29,30)13-15/h3-10,15,20,26H,2,11-13H2,1H3/t15-,20+/m1/s1. The molecular formula is C23H22FNO6S. The van der Waals surface area contributed by atoms with E-state index in [1.807, 2.05) is 6.92 Å². The molecule has 1 N–H and O–H groups in total. The number of rotatable bonds is 5. The van der Waals surface area contributed by atoms with Crippen molar-refractivity contribution in [3.63, 3.8) is 0 Å². The molecule has 1 amide bonds. The maximum atomic E-state index is 14.8. The highest BCUT2D eigenvalue weighted by molar-refractivity contribution is 7.91. The van der Waals surface area contributed by atoms with Crippen LogP contribution in [0.4, 0.5) is 4.39 Å². The van der Waals surface area contributed by atoms with E-state index in [0.717, 1.165) is 4.90 Å². The van der Waals surface area contributed by atoms with Gasteiger partial charge in [0, 0.05) is 17.2 Å². The summed E-state index contributed by atoms with van der Waals surface area (Å²) in [5.41, 5.74) is 0.00359. The highest BCUT2D eigenvalue weighted by atomic mass is 32.2. The molecule has 2 heterocycles. The Bertz CT molecular complexity index is 1210. The molecule has 32 heavy (non-hydrogen) atoms. The molecule has 2 aromatic rings. The minimum atomic E-state index is -3.38. The summed E-state index contributed by atoms with van der Waals surface area (Å²) in [6, 6.07) is 9.90. The average molecular weight is 459 g/mol. The van der Waals surface area contributed by atoms with Crippen molar-refractivity contribution in [1.29, 1.82) is 0 Å². The maximum absolute atomic E-state index is 14.8. The highest BCUT2D eigenvalue weighted by Crippen LogP contribution is 2.43. The third-order valence-corrected chi connectivity index (χ3v) is 7.47. The fraction of sp³-hybridized carbons (Fsp3) is 0.304. The first-order chi connectivity index (χ1) is 15.2. The Kier molecular flexibility index (Phi) is 5.77. The predicted molar refractivity (Wildman–Crippen MR) is 115 cm³/mol. The molecule has 2 fully saturated rings. The number of amides is 1. The number of Topliss-reactive ketones (excluding diaryl/α,β-unsaturated/α-hetero) is 1. The van der Waals surface area contributed by atoms with Gasteiger partial charge in [0.25, 0.3) is 11.7 Å². The molecule has 2 atom stereocenters. The van der Waals surface area contributed by atoms with Crippen LogP contribution in [-0.4, -0.2) is 54.3 Å². The van der Waals surface area contributed by atoms with E-state index in [-0.39, 0.29) is 34.6 Å². The zero-order chi connectivity index (χ0) is 23.0. The summed E-state index contributed by atoms with van der Waals surface area (Å²) >= 11 is 0. The Morgan fingerprint density at radius 3 is 2.44 bits per heavy atom. The fourth-order valence-corrected chi connectivity index (χ4v) is 5.97. The SMILES string of the molecule is CCOc1ccc(C(O)=C2C(=O)C(=O)N([C@@H]3CCS(=O)(=O)C3)[C@H]2c2ccccc2F)cc1. The van der Waals surface area contributed by atoms with Crippen LogP contribution in [0.2, 0.25) is 0 Å². The normalized spacial score (nSPS) is 24.1. The van der Waals surface area contributed by atoms with Crippen molar-refractivity contribution in [3.05, 3.63) is 71.0 Å². The van der Waals surface area contributed by atoms with E-state index < -0.39 is 45.2 Å². The van der Waals surface area contributed by atoms with Gasteiger partial charge in [-0.05, 0) is 43.7 Å². The van der Waals surface area contributed by atoms with E-state index in [1.165, 1.54) is 30.3 Å². The first-order valence-electron chi connectivity index (χ1n) is 10.2. The molecule has 7 nitrogen and oxygen atoms in total. The lowest BCUT2D eigenvalue weighted by atomic mass is 9.94. The van der Waals surface area contributed by atoms with Crippen LogP contribution in [0.5, 0.6) is 5.75 Å². The summed E-state index contributed by atoms with van der Waals surface area (Å²) in [5.74, 6) is -2.92. The molecule has 2 aliphatic rings. The van der Waals surface area contributed by atoms with Crippen molar-refractivity contribution in [2.45, 2.75) is 25.4 Å². The number of carbonyl (C=O) groups excluding carboxylic acids is 2. The number of aliphatic hydroxyl groups excluding tert-OH is 1. The molecule has 2 aromatic carbocycles. The van der Waals surface area contributed by atoms with Crippen LogP contribution in [0.25, 0.3) is 5.76 Å². The summed E-state index contributed by atoms with van der Waals surface area (Å²) in [4.78, 5) is 27.1. The Morgan fingerprint density at radius 2 is 1.84 bits per heavy atom. The number of hydrogen-bond acceptors (Lipinski definition) is 6. The van der Waals surface area contributed by atoms with Gasteiger partial charge in [-0.15, -0.1) is 0 Å². The van der Waals surface area contributed by atoms with Gasteiger partial charge in [-0.25, -0.2) is 12.8 Å². The zero-order valence-corrected chi connectivity index (χ0v) is 18.1. The molecule has 2 aliphatic heterocycles. The van der Waals surface area contributed by atoms with E-state index in [4.69, 9.17) is 4.74 Å². The van der Waals surface area contributed by atoms with Gasteiger partial charge in [-0.3, -0.25) is 9.59 Å². The molecule has 0 aliphatic carbocycles. The van der Waals surface area contributed by atoms with E-state index in [1.54, 1.807) is 18.2 Å². The Morgan fingerprint density at radius 1 is 1.16 bits per heavy atom. The van der Waals surface area contributed by atoms with Crippen molar-refractivity contribution < 1.29 is 32.2 Å². The fourth-order valence-electron chi connectivity index (χ4n) is 4.25. The largest absolute Gasteiger partial charge is 0.507 e. The van der Waals surface area contributed by atoms with Crippen molar-refractivity contribution in [3.8, 4) is 5.75 Å². The molecule has 0 saturated carbocycles. The number of ether oxygens (including phenoxy) is 1. The first-order valence-corrected chi connectivity index (χ1v) is 12.0. The zero-order valence-electron chi connectivity index (χ0n) is 17.3. The number of likely N-dealkylation sites (tertiary alicyclic amines) is 1. The summed E-state index contributed by atoms with van der Waals surface area (Å²) in [7, 11) is -3.38. The Hall–Kier alpha value is -3.20. The summed E-state index contributed by atoms with van der Waals surface area (Å²) in [5, 5.41) is 11.0. The van der Waals surface area contributed by atoms with Crippen LogP contribution in [-0.2, 0) is 19.4 Å². The summed E-state index contributed by atoms with van der Waals surface area (Å²) in [6.07, 6.45) is 0.142. The molecule has 168 valence electrons. The van der Waals surface area contributed by atoms with Crippen molar-refractivity contribution in [2.24, 2.45) is 0 Å². The van der Waals surface area contributed by atoms with Crippen LogP contribution in [0.1, 0.15) is 30.5 Å². The summed E-state index contributed by atoms with van der Waals surface area (Å²) in [6.45, 7) is 2.28. The van der Waals surface area contributed by atoms with Crippen LogP contribution in [0.3, 0.4) is 0 Å². The molecular weight excluding hydrogens is 437 g/mol. The van der Waals surface area contributed by atoms with Gasteiger partial charge >= 0.3 is 0 Å². The Balaban J connectivity index is 1.86. The van der Waals surface area contributed by atoms with Crippen LogP contribution in [0, 0.1) is 5.82 Å². The van der Waals surface area contributed by atoms with Gasteiger partial charge in [0.15, 0.2) is 9.84 Å². The summed E-state index contributed by atoms with van der Waals surface area (Å²) < 4.78 is 44.3. The van der Waals surface area contributed by atoms with E-state index in [2.05, 4.69) is 0 Å². The van der Waals surface area contributed by atoms with E-state index >= 15 is 0 Å². The molecule has 4 rings (SSSR count). The van der Waals surface area contributed by atoms with Gasteiger partial charge < -0.3 is 14.7 Å². The Labute approximate surface area is 185 Å². The highest BCUT2D eigenvalue weighted by Gasteiger charge is 2.51. The molecule has 0 bridgehead atoms. The maximum Gasteiger partial charge on any atom is 0.295 e. The monoisotopic (exact) mass is 459 g/mol. The molecule has 9 heteroatoms. The van der Waals surface area contributed by atoms with Gasteiger partial charge in [0.05, 0.1) is 29.7 Å². The lowest BCUT2D eigenvalue weighted by Gasteiger charge is -2.30. The number of carbonyl (C=O) groups is 2. The third-order valence-electron chi connectivity index (χ3n) is 5.72. The number of nitrogens with zero attached hydrogens (tertiary/aromatic N) is 1. The van der Waals surface area contributed by atoms with Gasteiger partial charge in [0.2, 0.25) is 0 Å². The van der Waals surface area contributed by atoms with Crippen molar-refractivity contribution >= 4 is 27.3 Å².